The number of hydrogen-bond acceptors (Lipinski definition) is 4. The van der Waals surface area contributed by atoms with Gasteiger partial charge in [0.2, 0.25) is 11.8 Å². The van der Waals surface area contributed by atoms with Gasteiger partial charge in [-0.2, -0.15) is 5.10 Å². The average molecular weight is 301 g/mol. The first kappa shape index (κ1) is 15.7. The van der Waals surface area contributed by atoms with E-state index < -0.39 is 0 Å². The number of amides is 2. The van der Waals surface area contributed by atoms with Gasteiger partial charge in [-0.05, 0) is 32.3 Å². The number of likely N-dealkylation sites (N-methyl/N-ethyl adjacent to an activating group) is 1. The Bertz CT molecular complexity index is 637. The molecular formula is C15H19N5O2. The number of aromatic nitrogens is 2. The summed E-state index contributed by atoms with van der Waals surface area (Å²) in [6.45, 7) is 0.391. The summed E-state index contributed by atoms with van der Waals surface area (Å²) in [5.74, 6) is -0.350. The van der Waals surface area contributed by atoms with Crippen LogP contribution in [0.25, 0.3) is 0 Å². The van der Waals surface area contributed by atoms with Gasteiger partial charge in [0.25, 0.3) is 0 Å². The highest BCUT2D eigenvalue weighted by atomic mass is 16.2. The van der Waals surface area contributed by atoms with Gasteiger partial charge in [0, 0.05) is 12.4 Å². The van der Waals surface area contributed by atoms with Gasteiger partial charge in [-0.1, -0.05) is 12.1 Å². The fourth-order valence-electron chi connectivity index (χ4n) is 1.91. The Balaban J connectivity index is 2.01. The largest absolute Gasteiger partial charge is 0.323 e. The van der Waals surface area contributed by atoms with Gasteiger partial charge >= 0.3 is 0 Å². The van der Waals surface area contributed by atoms with Crippen LogP contribution in [-0.2, 0) is 16.1 Å². The molecule has 0 fully saturated rings. The van der Waals surface area contributed by atoms with Gasteiger partial charge < -0.3 is 15.5 Å². The van der Waals surface area contributed by atoms with Gasteiger partial charge in [-0.25, -0.2) is 0 Å². The van der Waals surface area contributed by atoms with Gasteiger partial charge in [0.15, 0.2) is 0 Å². The normalized spacial score (nSPS) is 10.5. The Morgan fingerprint density at radius 2 is 1.73 bits per heavy atom. The van der Waals surface area contributed by atoms with Gasteiger partial charge in [-0.3, -0.25) is 14.3 Å². The highest BCUT2D eigenvalue weighted by Gasteiger charge is 2.10. The molecule has 0 aliphatic heterocycles. The van der Waals surface area contributed by atoms with E-state index in [0.717, 1.165) is 0 Å². The van der Waals surface area contributed by atoms with Crippen LogP contribution >= 0.6 is 0 Å². The monoisotopic (exact) mass is 301 g/mol. The van der Waals surface area contributed by atoms with Crippen LogP contribution in [-0.4, -0.2) is 47.1 Å². The second-order valence-corrected chi connectivity index (χ2v) is 5.08. The zero-order valence-corrected chi connectivity index (χ0v) is 12.6. The third kappa shape index (κ3) is 4.71. The third-order valence-corrected chi connectivity index (χ3v) is 2.80. The van der Waals surface area contributed by atoms with E-state index in [-0.39, 0.29) is 24.9 Å². The Morgan fingerprint density at radius 3 is 2.27 bits per heavy atom. The fourth-order valence-corrected chi connectivity index (χ4v) is 1.91. The minimum absolute atomic E-state index is 0.118. The molecule has 0 saturated carbocycles. The molecule has 0 unspecified atom stereocenters. The van der Waals surface area contributed by atoms with Crippen molar-refractivity contribution in [1.82, 2.24) is 14.7 Å². The highest BCUT2D eigenvalue weighted by Crippen LogP contribution is 2.20. The molecule has 0 atom stereocenters. The minimum Gasteiger partial charge on any atom is -0.323 e. The second kappa shape index (κ2) is 7.37. The molecule has 1 aromatic carbocycles. The van der Waals surface area contributed by atoms with Crippen molar-refractivity contribution >= 4 is 23.2 Å². The summed E-state index contributed by atoms with van der Waals surface area (Å²) in [6, 6.07) is 8.84. The maximum absolute atomic E-state index is 12.0. The van der Waals surface area contributed by atoms with Crippen LogP contribution in [0.5, 0.6) is 0 Å². The molecule has 0 bridgehead atoms. The lowest BCUT2D eigenvalue weighted by Gasteiger charge is -2.14. The predicted octanol–water partition coefficient (Wildman–Crippen LogP) is 1.02. The van der Waals surface area contributed by atoms with Gasteiger partial charge in [-0.15, -0.1) is 0 Å². The topological polar surface area (TPSA) is 79.3 Å². The van der Waals surface area contributed by atoms with Crippen molar-refractivity contribution in [2.45, 2.75) is 6.54 Å². The number of benzene rings is 1. The lowest BCUT2D eigenvalue weighted by atomic mass is 10.2. The number of hydrogen-bond donors (Lipinski definition) is 2. The molecular weight excluding hydrogens is 282 g/mol. The number of anilines is 2. The number of para-hydroxylation sites is 2. The van der Waals surface area contributed by atoms with Gasteiger partial charge in [0.05, 0.1) is 17.9 Å². The first-order chi connectivity index (χ1) is 10.5. The van der Waals surface area contributed by atoms with Crippen molar-refractivity contribution in [3.8, 4) is 0 Å². The summed E-state index contributed by atoms with van der Waals surface area (Å²) in [7, 11) is 3.63. The maximum Gasteiger partial charge on any atom is 0.246 e. The van der Waals surface area contributed by atoms with Crippen molar-refractivity contribution in [2.75, 3.05) is 31.3 Å². The molecule has 1 heterocycles. The van der Waals surface area contributed by atoms with E-state index >= 15 is 0 Å². The summed E-state index contributed by atoms with van der Waals surface area (Å²) < 4.78 is 1.53. The molecule has 0 aliphatic carbocycles. The summed E-state index contributed by atoms with van der Waals surface area (Å²) in [6.07, 6.45) is 3.33. The Labute approximate surface area is 128 Å². The van der Waals surface area contributed by atoms with E-state index in [9.17, 15) is 9.59 Å². The van der Waals surface area contributed by atoms with Crippen molar-refractivity contribution in [1.29, 1.82) is 0 Å². The van der Waals surface area contributed by atoms with Crippen molar-refractivity contribution in [3.63, 3.8) is 0 Å². The molecule has 22 heavy (non-hydrogen) atoms. The van der Waals surface area contributed by atoms with Crippen LogP contribution in [0.1, 0.15) is 0 Å². The number of nitrogens with zero attached hydrogens (tertiary/aromatic N) is 3. The molecule has 0 radical (unpaired) electrons. The Hall–Kier alpha value is -2.67. The van der Waals surface area contributed by atoms with E-state index in [1.807, 2.05) is 14.1 Å². The first-order valence-electron chi connectivity index (χ1n) is 6.85. The van der Waals surface area contributed by atoms with E-state index in [1.54, 1.807) is 47.6 Å². The molecule has 116 valence electrons. The molecule has 2 rings (SSSR count). The number of carbonyl (C=O) groups excluding carboxylic acids is 2. The number of nitrogens with one attached hydrogen (secondary N) is 2. The molecule has 1 aromatic heterocycles. The lowest BCUT2D eigenvalue weighted by molar-refractivity contribution is -0.117. The lowest BCUT2D eigenvalue weighted by Crippen LogP contribution is -2.27. The molecule has 0 saturated heterocycles. The van der Waals surface area contributed by atoms with Crippen molar-refractivity contribution in [2.24, 2.45) is 0 Å². The zero-order chi connectivity index (χ0) is 15.9. The van der Waals surface area contributed by atoms with Crippen molar-refractivity contribution < 1.29 is 9.59 Å². The summed E-state index contributed by atoms with van der Waals surface area (Å²) in [5.41, 5.74) is 1.13. The molecule has 0 aliphatic rings. The smallest absolute Gasteiger partial charge is 0.246 e. The fraction of sp³-hybridized carbons (Fsp3) is 0.267. The molecule has 7 nitrogen and oxygen atoms in total. The zero-order valence-electron chi connectivity index (χ0n) is 12.6. The summed E-state index contributed by atoms with van der Waals surface area (Å²) in [5, 5.41) is 9.55. The molecule has 7 heteroatoms. The van der Waals surface area contributed by atoms with E-state index in [1.165, 1.54) is 4.68 Å². The van der Waals surface area contributed by atoms with Crippen LogP contribution < -0.4 is 10.6 Å². The third-order valence-electron chi connectivity index (χ3n) is 2.80. The molecule has 2 N–H and O–H groups in total. The van der Waals surface area contributed by atoms with Crippen LogP contribution in [0, 0.1) is 0 Å². The van der Waals surface area contributed by atoms with Gasteiger partial charge in [0.1, 0.15) is 6.54 Å². The van der Waals surface area contributed by atoms with Crippen LogP contribution in [0.4, 0.5) is 11.4 Å². The SMILES string of the molecule is CN(C)CC(=O)Nc1ccccc1NC(=O)Cn1cccn1. The Kier molecular flexibility index (Phi) is 5.26. The molecule has 2 aromatic rings. The summed E-state index contributed by atoms with van der Waals surface area (Å²) >= 11 is 0. The molecule has 0 spiro atoms. The maximum atomic E-state index is 12.0. The van der Waals surface area contributed by atoms with Crippen LogP contribution in [0.3, 0.4) is 0 Å². The van der Waals surface area contributed by atoms with Crippen LogP contribution in [0.15, 0.2) is 42.7 Å². The minimum atomic E-state index is -0.210. The highest BCUT2D eigenvalue weighted by molar-refractivity contribution is 6.00. The quantitative estimate of drug-likeness (QED) is 0.835. The van der Waals surface area contributed by atoms with E-state index in [2.05, 4.69) is 15.7 Å². The first-order valence-corrected chi connectivity index (χ1v) is 6.85. The second-order valence-electron chi connectivity index (χ2n) is 5.08. The Morgan fingerprint density at radius 1 is 1.09 bits per heavy atom. The van der Waals surface area contributed by atoms with E-state index in [0.29, 0.717) is 11.4 Å². The van der Waals surface area contributed by atoms with Crippen LogP contribution in [0.2, 0.25) is 0 Å². The number of carbonyl (C=O) groups is 2. The van der Waals surface area contributed by atoms with Crippen molar-refractivity contribution in [3.05, 3.63) is 42.7 Å². The standard InChI is InChI=1S/C15H19N5O2/c1-19(2)10-14(21)17-12-6-3-4-7-13(12)18-15(22)11-20-9-5-8-16-20/h3-9H,10-11H2,1-2H3,(H,17,21)(H,18,22). The predicted molar refractivity (Wildman–Crippen MR) is 84.5 cm³/mol. The summed E-state index contributed by atoms with van der Waals surface area (Å²) in [4.78, 5) is 25.6. The number of rotatable bonds is 6. The van der Waals surface area contributed by atoms with E-state index in [4.69, 9.17) is 0 Å². The molecule has 2 amide bonds. The average Bonchev–Trinajstić information content (AvgIpc) is 2.92.